The molecule has 0 bridgehead atoms. The Morgan fingerprint density at radius 3 is 2.81 bits per heavy atom. The van der Waals surface area contributed by atoms with Gasteiger partial charge in [0.25, 0.3) is 0 Å². The van der Waals surface area contributed by atoms with Crippen molar-refractivity contribution in [1.29, 1.82) is 0 Å². The van der Waals surface area contributed by atoms with E-state index in [-0.39, 0.29) is 12.4 Å². The number of thioether (sulfide) groups is 1. The van der Waals surface area contributed by atoms with Crippen LogP contribution in [0.15, 0.2) is 34.1 Å². The van der Waals surface area contributed by atoms with Crippen LogP contribution in [0, 0.1) is 5.92 Å². The third-order valence-corrected chi connectivity index (χ3v) is 6.05. The van der Waals surface area contributed by atoms with Gasteiger partial charge in [0.2, 0.25) is 10.0 Å². The second-order valence-electron chi connectivity index (χ2n) is 5.05. The van der Waals surface area contributed by atoms with Gasteiger partial charge in [0.05, 0.1) is 4.90 Å². The maximum atomic E-state index is 12.3. The molecule has 1 aromatic rings. The fourth-order valence-electron chi connectivity index (χ4n) is 2.49. The molecule has 2 N–H and O–H groups in total. The maximum absolute atomic E-state index is 12.3. The van der Waals surface area contributed by atoms with Crippen LogP contribution in [0.25, 0.3) is 0 Å². The number of nitrogens with one attached hydrogen (secondary N) is 2. The molecule has 1 aliphatic heterocycles. The van der Waals surface area contributed by atoms with Crippen LogP contribution in [0.4, 0.5) is 0 Å². The zero-order valence-electron chi connectivity index (χ0n) is 12.2. The monoisotopic (exact) mass is 350 g/mol. The summed E-state index contributed by atoms with van der Waals surface area (Å²) in [6.45, 7) is 2.60. The van der Waals surface area contributed by atoms with E-state index in [1.54, 1.807) is 12.1 Å². The first-order chi connectivity index (χ1) is 9.63. The zero-order chi connectivity index (χ0) is 14.4. The van der Waals surface area contributed by atoms with Crippen molar-refractivity contribution >= 4 is 34.2 Å². The lowest BCUT2D eigenvalue weighted by molar-refractivity contribution is 0.358. The van der Waals surface area contributed by atoms with Gasteiger partial charge in [-0.05, 0) is 56.7 Å². The van der Waals surface area contributed by atoms with Crippen LogP contribution in [0.3, 0.4) is 0 Å². The van der Waals surface area contributed by atoms with Crippen molar-refractivity contribution in [2.45, 2.75) is 29.1 Å². The molecule has 1 aromatic carbocycles. The summed E-state index contributed by atoms with van der Waals surface area (Å²) in [4.78, 5) is 1.17. The van der Waals surface area contributed by atoms with Crippen LogP contribution in [0.2, 0.25) is 0 Å². The summed E-state index contributed by atoms with van der Waals surface area (Å²) < 4.78 is 27.4. The first kappa shape index (κ1) is 18.8. The molecule has 4 nitrogen and oxygen atoms in total. The molecule has 1 atom stereocenters. The third-order valence-electron chi connectivity index (χ3n) is 3.60. The standard InChI is InChI=1S/C14H22N2O2S2.ClH/c1-19-13-6-2-3-7-14(13)20(17,18)16-10-8-12-5-4-9-15-11-12;/h2-3,6-7,12,15-16H,4-5,8-11H2,1H3;1H. The highest BCUT2D eigenvalue weighted by molar-refractivity contribution is 7.99. The van der Waals surface area contributed by atoms with Gasteiger partial charge in [0, 0.05) is 11.4 Å². The lowest BCUT2D eigenvalue weighted by Gasteiger charge is -2.22. The highest BCUT2D eigenvalue weighted by Crippen LogP contribution is 2.24. The van der Waals surface area contributed by atoms with Crippen LogP contribution in [0.5, 0.6) is 0 Å². The molecule has 0 radical (unpaired) electrons. The van der Waals surface area contributed by atoms with Gasteiger partial charge < -0.3 is 5.32 Å². The molecule has 0 aromatic heterocycles. The van der Waals surface area contributed by atoms with E-state index in [4.69, 9.17) is 0 Å². The van der Waals surface area contributed by atoms with E-state index in [9.17, 15) is 8.42 Å². The van der Waals surface area contributed by atoms with Gasteiger partial charge in [0.1, 0.15) is 0 Å². The number of hydrogen-bond acceptors (Lipinski definition) is 4. The topological polar surface area (TPSA) is 58.2 Å². The van der Waals surface area contributed by atoms with Gasteiger partial charge in [-0.25, -0.2) is 13.1 Å². The van der Waals surface area contributed by atoms with E-state index in [2.05, 4.69) is 10.0 Å². The average molecular weight is 351 g/mol. The molecule has 7 heteroatoms. The van der Waals surface area contributed by atoms with Gasteiger partial charge in [-0.15, -0.1) is 24.2 Å². The van der Waals surface area contributed by atoms with Crippen molar-refractivity contribution in [3.05, 3.63) is 24.3 Å². The quantitative estimate of drug-likeness (QED) is 0.774. The number of benzene rings is 1. The summed E-state index contributed by atoms with van der Waals surface area (Å²) in [7, 11) is -3.40. The Morgan fingerprint density at radius 2 is 2.14 bits per heavy atom. The number of piperidine rings is 1. The Kier molecular flexibility index (Phi) is 8.05. The van der Waals surface area contributed by atoms with Crippen LogP contribution in [-0.4, -0.2) is 34.3 Å². The van der Waals surface area contributed by atoms with Crippen molar-refractivity contribution in [2.24, 2.45) is 5.92 Å². The second kappa shape index (κ2) is 9.00. The first-order valence-corrected chi connectivity index (χ1v) is 9.67. The molecule has 2 rings (SSSR count). The van der Waals surface area contributed by atoms with Gasteiger partial charge in [-0.2, -0.15) is 0 Å². The Hall–Kier alpha value is -0.270. The van der Waals surface area contributed by atoms with Crippen molar-refractivity contribution in [1.82, 2.24) is 10.0 Å². The van der Waals surface area contributed by atoms with E-state index in [0.717, 1.165) is 24.4 Å². The molecule has 1 heterocycles. The summed E-state index contributed by atoms with van der Waals surface area (Å²) in [6.07, 6.45) is 5.17. The smallest absolute Gasteiger partial charge is 0.241 e. The Bertz CT molecular complexity index is 532. The normalized spacial score (nSPS) is 19.0. The van der Waals surface area contributed by atoms with Crippen LogP contribution in [0.1, 0.15) is 19.3 Å². The number of hydrogen-bond donors (Lipinski definition) is 2. The minimum Gasteiger partial charge on any atom is -0.316 e. The van der Waals surface area contributed by atoms with Crippen LogP contribution in [-0.2, 0) is 10.0 Å². The molecule has 1 saturated heterocycles. The third kappa shape index (κ3) is 5.45. The molecule has 0 aliphatic carbocycles. The maximum Gasteiger partial charge on any atom is 0.241 e. The zero-order valence-corrected chi connectivity index (χ0v) is 14.6. The molecule has 0 saturated carbocycles. The van der Waals surface area contributed by atoms with Crippen molar-refractivity contribution < 1.29 is 8.42 Å². The van der Waals surface area contributed by atoms with E-state index < -0.39 is 10.0 Å². The highest BCUT2D eigenvalue weighted by Gasteiger charge is 2.19. The Labute approximate surface area is 137 Å². The van der Waals surface area contributed by atoms with Crippen LogP contribution >= 0.6 is 24.2 Å². The predicted molar refractivity (Wildman–Crippen MR) is 90.9 cm³/mol. The van der Waals surface area contributed by atoms with Crippen molar-refractivity contribution in [3.63, 3.8) is 0 Å². The van der Waals surface area contributed by atoms with E-state index in [1.807, 2.05) is 18.4 Å². The van der Waals surface area contributed by atoms with E-state index >= 15 is 0 Å². The first-order valence-electron chi connectivity index (χ1n) is 6.97. The molecule has 21 heavy (non-hydrogen) atoms. The van der Waals surface area contributed by atoms with Crippen molar-refractivity contribution in [3.8, 4) is 0 Å². The Morgan fingerprint density at radius 1 is 1.38 bits per heavy atom. The second-order valence-corrected chi connectivity index (χ2v) is 7.63. The molecule has 1 unspecified atom stereocenters. The summed E-state index contributed by atoms with van der Waals surface area (Å²) in [5.74, 6) is 0.585. The lowest BCUT2D eigenvalue weighted by atomic mass is 9.96. The molecule has 0 amide bonds. The fourth-order valence-corrected chi connectivity index (χ4v) is 4.68. The van der Waals surface area contributed by atoms with Gasteiger partial charge in [-0.3, -0.25) is 0 Å². The molecule has 120 valence electrons. The average Bonchev–Trinajstić information content (AvgIpc) is 2.48. The number of halogens is 1. The van der Waals surface area contributed by atoms with Crippen molar-refractivity contribution in [2.75, 3.05) is 25.9 Å². The Balaban J connectivity index is 0.00000220. The molecular weight excluding hydrogens is 328 g/mol. The molecule has 0 spiro atoms. The minimum atomic E-state index is -3.40. The largest absolute Gasteiger partial charge is 0.316 e. The summed E-state index contributed by atoms with van der Waals surface area (Å²) in [6, 6.07) is 7.12. The van der Waals surface area contributed by atoms with Gasteiger partial charge >= 0.3 is 0 Å². The SMILES string of the molecule is CSc1ccccc1S(=O)(=O)NCCC1CCCNC1.Cl. The van der Waals surface area contributed by atoms with Crippen LogP contribution < -0.4 is 10.0 Å². The molecule has 1 fully saturated rings. The van der Waals surface area contributed by atoms with Gasteiger partial charge in [0.15, 0.2) is 0 Å². The summed E-state index contributed by atoms with van der Waals surface area (Å²) in [5.41, 5.74) is 0. The molecule has 1 aliphatic rings. The van der Waals surface area contributed by atoms with E-state index in [0.29, 0.717) is 17.4 Å². The summed E-state index contributed by atoms with van der Waals surface area (Å²) >= 11 is 1.45. The van der Waals surface area contributed by atoms with Gasteiger partial charge in [-0.1, -0.05) is 12.1 Å². The van der Waals surface area contributed by atoms with E-state index in [1.165, 1.54) is 24.6 Å². The predicted octanol–water partition coefficient (Wildman–Crippen LogP) is 2.50. The lowest BCUT2D eigenvalue weighted by Crippen LogP contribution is -2.33. The summed E-state index contributed by atoms with van der Waals surface area (Å²) in [5, 5.41) is 3.35. The number of rotatable bonds is 6. The number of sulfonamides is 1. The highest BCUT2D eigenvalue weighted by atomic mass is 35.5. The fraction of sp³-hybridized carbons (Fsp3) is 0.571. The molecular formula is C14H23ClN2O2S2. The minimum absolute atomic E-state index is 0.